The van der Waals surface area contributed by atoms with Gasteiger partial charge in [0.25, 0.3) is 0 Å². The number of carboxylic acids is 1. The van der Waals surface area contributed by atoms with Gasteiger partial charge in [-0.15, -0.1) is 0 Å². The first-order valence-electron chi connectivity index (χ1n) is 14.0. The number of rotatable bonds is 15. The van der Waals surface area contributed by atoms with E-state index in [-0.39, 0.29) is 16.7 Å². The number of unbranched alkanes of at least 4 members (excludes halogenated alkanes) is 5. The molecule has 0 atom stereocenters. The predicted octanol–water partition coefficient (Wildman–Crippen LogP) is 7.05. The third-order valence-electron chi connectivity index (χ3n) is 6.90. The number of hydrogen-bond donors (Lipinski definition) is 1. The Morgan fingerprint density at radius 2 is 1.13 bits per heavy atom. The summed E-state index contributed by atoms with van der Waals surface area (Å²) in [6, 6.07) is 10.5. The molecule has 3 aromatic carbocycles. The number of carboxylic acid groups (broad SMARTS) is 1. The van der Waals surface area contributed by atoms with Crippen molar-refractivity contribution >= 4 is 29.0 Å². The number of hydrogen-bond acceptors (Lipinski definition) is 5. The molecule has 6 nitrogen and oxygen atoms in total. The molecule has 1 N–H and O–H groups in total. The van der Waals surface area contributed by atoms with Crippen LogP contribution in [0.2, 0.25) is 0 Å². The van der Waals surface area contributed by atoms with E-state index < -0.39 is 58.6 Å². The molecule has 45 heavy (non-hydrogen) atoms. The standard InChI is InChI=1S/C32H28F6NO5P/c33-24-16-22(17-25(34)29(24)37)45(42,23-18-26(35)30(38)27(36)19-23)21-11-9-20(10-12-21)43-14-5-3-1-2-4-6-15-44-28-8-7-13-39-31(28)32(40)41/h7-13,16-19H,1-6,14-15H2,(H,40,41). The smallest absolute Gasteiger partial charge is 0.358 e. The Hall–Kier alpha value is -4.31. The normalized spacial score (nSPS) is 11.4. The molecule has 238 valence electrons. The number of nitrogens with zero attached hydrogens (tertiary/aromatic N) is 1. The molecule has 0 fully saturated rings. The predicted molar refractivity (Wildman–Crippen MR) is 155 cm³/mol. The highest BCUT2D eigenvalue weighted by atomic mass is 31.2. The maximum Gasteiger partial charge on any atom is 0.358 e. The van der Waals surface area contributed by atoms with E-state index in [4.69, 9.17) is 14.6 Å². The van der Waals surface area contributed by atoms with E-state index in [0.29, 0.717) is 43.2 Å². The molecular formula is C32H28F6NO5P. The number of benzene rings is 3. The molecule has 1 heterocycles. The van der Waals surface area contributed by atoms with E-state index in [9.17, 15) is 35.7 Å². The average molecular weight is 652 g/mol. The molecule has 4 rings (SSSR count). The monoisotopic (exact) mass is 651 g/mol. The van der Waals surface area contributed by atoms with Gasteiger partial charge in [-0.25, -0.2) is 36.1 Å². The second-order valence-electron chi connectivity index (χ2n) is 10.0. The van der Waals surface area contributed by atoms with Crippen molar-refractivity contribution in [3.8, 4) is 11.5 Å². The molecular weight excluding hydrogens is 623 g/mol. The molecule has 4 aromatic rings. The van der Waals surface area contributed by atoms with E-state index in [2.05, 4.69) is 4.98 Å². The minimum absolute atomic E-state index is 0.0997. The van der Waals surface area contributed by atoms with Gasteiger partial charge in [-0.3, -0.25) is 0 Å². The van der Waals surface area contributed by atoms with Crippen LogP contribution in [-0.4, -0.2) is 29.3 Å². The number of ether oxygens (including phenoxy) is 2. The summed E-state index contributed by atoms with van der Waals surface area (Å²) in [4.78, 5) is 15.0. The molecule has 0 radical (unpaired) electrons. The maximum atomic E-state index is 14.3. The van der Waals surface area contributed by atoms with Crippen LogP contribution in [0.3, 0.4) is 0 Å². The van der Waals surface area contributed by atoms with Crippen molar-refractivity contribution in [1.82, 2.24) is 4.98 Å². The Balaban J connectivity index is 1.30. The molecule has 0 saturated carbocycles. The van der Waals surface area contributed by atoms with Crippen LogP contribution in [-0.2, 0) is 4.57 Å². The molecule has 0 amide bonds. The second-order valence-corrected chi connectivity index (χ2v) is 12.8. The van der Waals surface area contributed by atoms with E-state index in [1.165, 1.54) is 30.5 Å². The van der Waals surface area contributed by atoms with Crippen LogP contribution < -0.4 is 25.4 Å². The van der Waals surface area contributed by atoms with Crippen LogP contribution in [0.4, 0.5) is 26.3 Å². The van der Waals surface area contributed by atoms with E-state index >= 15 is 0 Å². The first kappa shape index (κ1) is 33.6. The fraction of sp³-hybridized carbons (Fsp3) is 0.250. The zero-order valence-electron chi connectivity index (χ0n) is 23.8. The third-order valence-corrected chi connectivity index (χ3v) is 9.90. The number of halogens is 6. The summed E-state index contributed by atoms with van der Waals surface area (Å²) in [7, 11) is -4.41. The van der Waals surface area contributed by atoms with Gasteiger partial charge in [0.2, 0.25) is 0 Å². The lowest BCUT2D eigenvalue weighted by Crippen LogP contribution is -2.27. The Kier molecular flexibility index (Phi) is 11.3. The van der Waals surface area contributed by atoms with Gasteiger partial charge in [0.1, 0.15) is 5.75 Å². The number of aromatic carboxylic acids is 1. The largest absolute Gasteiger partial charge is 0.494 e. The molecule has 0 aliphatic rings. The summed E-state index contributed by atoms with van der Waals surface area (Å²) in [5.74, 6) is -10.8. The van der Waals surface area contributed by atoms with Gasteiger partial charge in [-0.1, -0.05) is 25.7 Å². The van der Waals surface area contributed by atoms with Crippen molar-refractivity contribution < 1.29 is 50.3 Å². The summed E-state index contributed by atoms with van der Waals surface area (Å²) in [6.45, 7) is 0.718. The Morgan fingerprint density at radius 3 is 1.62 bits per heavy atom. The average Bonchev–Trinajstić information content (AvgIpc) is 3.02. The highest BCUT2D eigenvalue weighted by Gasteiger charge is 2.34. The highest BCUT2D eigenvalue weighted by Crippen LogP contribution is 2.43. The summed E-state index contributed by atoms with van der Waals surface area (Å²) in [5, 5.41) is 7.88. The van der Waals surface area contributed by atoms with Gasteiger partial charge < -0.3 is 19.1 Å². The Labute approximate surface area is 255 Å². The lowest BCUT2D eigenvalue weighted by molar-refractivity contribution is 0.0685. The summed E-state index contributed by atoms with van der Waals surface area (Å²) >= 11 is 0. The van der Waals surface area contributed by atoms with Crippen LogP contribution in [0, 0.1) is 34.9 Å². The van der Waals surface area contributed by atoms with Crippen LogP contribution in [0.15, 0.2) is 66.9 Å². The fourth-order valence-electron chi connectivity index (χ4n) is 4.60. The van der Waals surface area contributed by atoms with Gasteiger partial charge in [-0.2, -0.15) is 0 Å². The maximum absolute atomic E-state index is 14.3. The highest BCUT2D eigenvalue weighted by molar-refractivity contribution is 7.85. The first-order chi connectivity index (χ1) is 21.5. The minimum Gasteiger partial charge on any atom is -0.494 e. The fourth-order valence-corrected chi connectivity index (χ4v) is 7.24. The number of carbonyl (C=O) groups is 1. The topological polar surface area (TPSA) is 85.7 Å². The SMILES string of the molecule is O=C(O)c1ncccc1OCCCCCCCCOc1ccc(P(=O)(c2cc(F)c(F)c(F)c2)c2cc(F)c(F)c(F)c2)cc1. The van der Waals surface area contributed by atoms with Crippen LogP contribution in [0.5, 0.6) is 11.5 Å². The zero-order chi connectivity index (χ0) is 32.6. The second kappa shape index (κ2) is 15.1. The van der Waals surface area contributed by atoms with Gasteiger partial charge >= 0.3 is 5.97 Å². The quantitative estimate of drug-likeness (QED) is 0.0642. The third kappa shape index (κ3) is 8.05. The Bertz CT molecular complexity index is 1590. The minimum atomic E-state index is -4.41. The molecule has 0 saturated heterocycles. The van der Waals surface area contributed by atoms with E-state index in [1.807, 2.05) is 0 Å². The molecule has 13 heteroatoms. The summed E-state index contributed by atoms with van der Waals surface area (Å²) < 4.78 is 109. The van der Waals surface area contributed by atoms with Gasteiger partial charge in [0.05, 0.1) is 13.2 Å². The van der Waals surface area contributed by atoms with Crippen LogP contribution >= 0.6 is 7.14 Å². The zero-order valence-corrected chi connectivity index (χ0v) is 24.6. The van der Waals surface area contributed by atoms with E-state index in [0.717, 1.165) is 38.5 Å². The van der Waals surface area contributed by atoms with Crippen molar-refractivity contribution in [1.29, 1.82) is 0 Å². The van der Waals surface area contributed by atoms with E-state index in [1.54, 1.807) is 12.1 Å². The molecule has 0 bridgehead atoms. The van der Waals surface area contributed by atoms with Gasteiger partial charge in [0.15, 0.2) is 53.5 Å². The first-order valence-corrected chi connectivity index (χ1v) is 15.7. The Morgan fingerprint density at radius 1 is 0.667 bits per heavy atom. The summed E-state index contributed by atoms with van der Waals surface area (Å²) in [5.41, 5.74) is -0.126. The van der Waals surface area contributed by atoms with Crippen molar-refractivity contribution in [2.75, 3.05) is 13.2 Å². The van der Waals surface area contributed by atoms with Crippen LogP contribution in [0.25, 0.3) is 0 Å². The lowest BCUT2D eigenvalue weighted by atomic mass is 10.1. The van der Waals surface area contributed by atoms with Crippen molar-refractivity contribution in [3.63, 3.8) is 0 Å². The summed E-state index contributed by atoms with van der Waals surface area (Å²) in [6.07, 6.45) is 6.46. The van der Waals surface area contributed by atoms with Gasteiger partial charge in [0, 0.05) is 22.1 Å². The molecule has 0 aliphatic heterocycles. The van der Waals surface area contributed by atoms with Crippen LogP contribution in [0.1, 0.15) is 49.0 Å². The molecule has 0 unspecified atom stereocenters. The molecule has 1 aromatic heterocycles. The van der Waals surface area contributed by atoms with Crippen molar-refractivity contribution in [3.05, 3.63) is 107 Å². The number of aromatic nitrogens is 1. The van der Waals surface area contributed by atoms with Gasteiger partial charge in [-0.05, 0) is 73.5 Å². The van der Waals surface area contributed by atoms with Crippen molar-refractivity contribution in [2.45, 2.75) is 38.5 Å². The molecule has 0 spiro atoms. The number of pyridine rings is 1. The van der Waals surface area contributed by atoms with Crippen molar-refractivity contribution in [2.24, 2.45) is 0 Å². The molecule has 0 aliphatic carbocycles. The lowest BCUT2D eigenvalue weighted by Gasteiger charge is -2.21.